The quantitative estimate of drug-likeness (QED) is 0.777. The van der Waals surface area contributed by atoms with Gasteiger partial charge < -0.3 is 5.11 Å². The fourth-order valence-corrected chi connectivity index (χ4v) is 4.18. The van der Waals surface area contributed by atoms with E-state index in [-0.39, 0.29) is 22.9 Å². The molecule has 92 valence electrons. The lowest BCUT2D eigenvalue weighted by atomic mass is 9.74. The second-order valence-corrected chi connectivity index (χ2v) is 6.23. The first-order valence-electron chi connectivity index (χ1n) is 6.37. The average molecular weight is 261 g/mol. The van der Waals surface area contributed by atoms with E-state index in [0.29, 0.717) is 5.02 Å². The third-order valence-electron chi connectivity index (χ3n) is 4.86. The van der Waals surface area contributed by atoms with Crippen molar-refractivity contribution in [2.75, 3.05) is 0 Å². The van der Waals surface area contributed by atoms with Gasteiger partial charge in [-0.1, -0.05) is 11.6 Å². The lowest BCUT2D eigenvalue weighted by molar-refractivity contribution is -0.118. The van der Waals surface area contributed by atoms with Gasteiger partial charge in [0.05, 0.1) is 5.02 Å². The number of ketones is 1. The summed E-state index contributed by atoms with van der Waals surface area (Å²) >= 11 is 6.00. The Bertz CT molecular complexity index is 617. The fraction of sp³-hybridized carbons (Fsp3) is 0.400. The van der Waals surface area contributed by atoms with Gasteiger partial charge in [0, 0.05) is 11.3 Å². The molecule has 4 rings (SSSR count). The molecule has 3 aliphatic carbocycles. The van der Waals surface area contributed by atoms with E-state index in [2.05, 4.69) is 0 Å². The number of carbonyl (C=O) groups excluding carboxylic acids is 1. The third kappa shape index (κ3) is 1.17. The highest BCUT2D eigenvalue weighted by molar-refractivity contribution is 6.32. The molecule has 0 heterocycles. The van der Waals surface area contributed by atoms with Crippen molar-refractivity contribution >= 4 is 23.0 Å². The first-order valence-corrected chi connectivity index (χ1v) is 6.75. The van der Waals surface area contributed by atoms with Crippen molar-refractivity contribution in [1.82, 2.24) is 0 Å². The Morgan fingerprint density at radius 2 is 2.22 bits per heavy atom. The molecule has 2 bridgehead atoms. The van der Waals surface area contributed by atoms with Crippen LogP contribution in [0.3, 0.4) is 0 Å². The van der Waals surface area contributed by atoms with Gasteiger partial charge in [-0.3, -0.25) is 4.79 Å². The molecule has 1 fully saturated rings. The van der Waals surface area contributed by atoms with Crippen LogP contribution in [-0.4, -0.2) is 10.9 Å². The number of aromatic hydroxyl groups is 1. The van der Waals surface area contributed by atoms with Crippen LogP contribution in [-0.2, 0) is 11.2 Å². The SMILES string of the molecule is O=C1C=C2c3cc(Cl)c(O)cc3CC23CCC1C3. The minimum Gasteiger partial charge on any atom is -0.506 e. The zero-order valence-electron chi connectivity index (χ0n) is 9.87. The maximum Gasteiger partial charge on any atom is 0.159 e. The number of fused-ring (bicyclic) bond motifs is 3. The van der Waals surface area contributed by atoms with Crippen LogP contribution in [0.1, 0.15) is 30.4 Å². The van der Waals surface area contributed by atoms with Crippen molar-refractivity contribution in [2.45, 2.75) is 25.7 Å². The van der Waals surface area contributed by atoms with E-state index in [1.165, 1.54) is 0 Å². The number of hydrogen-bond donors (Lipinski definition) is 1. The van der Waals surface area contributed by atoms with Gasteiger partial charge >= 0.3 is 0 Å². The number of rotatable bonds is 0. The van der Waals surface area contributed by atoms with Crippen LogP contribution in [0, 0.1) is 11.3 Å². The molecule has 3 aliphatic rings. The van der Waals surface area contributed by atoms with E-state index in [1.54, 1.807) is 6.07 Å². The van der Waals surface area contributed by atoms with Gasteiger partial charge in [-0.15, -0.1) is 0 Å². The van der Waals surface area contributed by atoms with Crippen molar-refractivity contribution in [1.29, 1.82) is 0 Å². The molecule has 0 amide bonds. The van der Waals surface area contributed by atoms with Crippen molar-refractivity contribution in [3.8, 4) is 5.75 Å². The molecular weight excluding hydrogens is 248 g/mol. The number of allylic oxidation sites excluding steroid dienone is 2. The summed E-state index contributed by atoms with van der Waals surface area (Å²) in [5.41, 5.74) is 3.53. The maximum atomic E-state index is 12.0. The van der Waals surface area contributed by atoms with Crippen LogP contribution in [0.4, 0.5) is 0 Å². The van der Waals surface area contributed by atoms with E-state index >= 15 is 0 Å². The van der Waals surface area contributed by atoms with E-state index in [9.17, 15) is 9.90 Å². The van der Waals surface area contributed by atoms with Crippen LogP contribution in [0.25, 0.3) is 5.57 Å². The van der Waals surface area contributed by atoms with Crippen LogP contribution < -0.4 is 0 Å². The Kier molecular flexibility index (Phi) is 1.88. The number of halogens is 1. The third-order valence-corrected chi connectivity index (χ3v) is 5.16. The molecule has 0 saturated heterocycles. The standard InChI is InChI=1S/C15H13ClO2/c16-12-4-10-9(3-14(12)18)7-15-2-1-8(6-15)13(17)5-11(10)15/h3-5,8,18H,1-2,6-7H2. The van der Waals surface area contributed by atoms with Gasteiger partial charge in [-0.25, -0.2) is 0 Å². The van der Waals surface area contributed by atoms with Gasteiger partial charge in [0.15, 0.2) is 5.78 Å². The van der Waals surface area contributed by atoms with Crippen molar-refractivity contribution in [3.05, 3.63) is 34.4 Å². The number of carbonyl (C=O) groups is 1. The summed E-state index contributed by atoms with van der Waals surface area (Å²) < 4.78 is 0. The summed E-state index contributed by atoms with van der Waals surface area (Å²) in [6, 6.07) is 3.59. The molecule has 1 aromatic carbocycles. The van der Waals surface area contributed by atoms with Gasteiger partial charge in [-0.05, 0) is 60.6 Å². The van der Waals surface area contributed by atoms with Gasteiger partial charge in [0.25, 0.3) is 0 Å². The monoisotopic (exact) mass is 260 g/mol. The Morgan fingerprint density at radius 1 is 1.39 bits per heavy atom. The van der Waals surface area contributed by atoms with Gasteiger partial charge in [-0.2, -0.15) is 0 Å². The summed E-state index contributed by atoms with van der Waals surface area (Å²) in [4.78, 5) is 12.0. The molecule has 0 radical (unpaired) electrons. The van der Waals surface area contributed by atoms with Crippen LogP contribution in [0.2, 0.25) is 5.02 Å². The molecule has 3 heteroatoms. The van der Waals surface area contributed by atoms with Crippen molar-refractivity contribution in [2.24, 2.45) is 11.3 Å². The smallest absolute Gasteiger partial charge is 0.159 e. The molecule has 2 atom stereocenters. The van der Waals surface area contributed by atoms with E-state index in [0.717, 1.165) is 42.4 Å². The Labute approximate surface area is 110 Å². The molecule has 1 spiro atoms. The van der Waals surface area contributed by atoms with E-state index in [1.807, 2.05) is 12.1 Å². The second kappa shape index (κ2) is 3.18. The van der Waals surface area contributed by atoms with E-state index < -0.39 is 0 Å². The first-order chi connectivity index (χ1) is 8.59. The lowest BCUT2D eigenvalue weighted by Gasteiger charge is -2.28. The first kappa shape index (κ1) is 10.6. The minimum absolute atomic E-state index is 0.145. The largest absolute Gasteiger partial charge is 0.506 e. The zero-order chi connectivity index (χ0) is 12.5. The van der Waals surface area contributed by atoms with Crippen molar-refractivity contribution in [3.63, 3.8) is 0 Å². The molecule has 2 unspecified atom stereocenters. The van der Waals surface area contributed by atoms with Crippen LogP contribution in [0.15, 0.2) is 18.2 Å². The van der Waals surface area contributed by atoms with E-state index in [4.69, 9.17) is 11.6 Å². The molecule has 1 N–H and O–H groups in total. The van der Waals surface area contributed by atoms with Crippen molar-refractivity contribution < 1.29 is 9.90 Å². The summed E-state index contributed by atoms with van der Waals surface area (Å²) in [7, 11) is 0. The highest BCUT2D eigenvalue weighted by Crippen LogP contribution is 2.60. The predicted octanol–water partition coefficient (Wildman–Crippen LogP) is 3.35. The molecule has 2 nitrogen and oxygen atoms in total. The normalized spacial score (nSPS) is 32.2. The predicted molar refractivity (Wildman–Crippen MR) is 69.6 cm³/mol. The number of benzene rings is 1. The Hall–Kier alpha value is -1.28. The lowest BCUT2D eigenvalue weighted by Crippen LogP contribution is -2.23. The van der Waals surface area contributed by atoms with Crippen LogP contribution in [0.5, 0.6) is 5.75 Å². The summed E-state index contributed by atoms with van der Waals surface area (Å²) in [5, 5.41) is 10.1. The maximum absolute atomic E-state index is 12.0. The second-order valence-electron chi connectivity index (χ2n) is 5.82. The summed E-state index contributed by atoms with van der Waals surface area (Å²) in [5.74, 6) is 0.647. The number of hydrogen-bond acceptors (Lipinski definition) is 2. The molecule has 1 saturated carbocycles. The summed E-state index contributed by atoms with van der Waals surface area (Å²) in [6.45, 7) is 0. The number of phenols is 1. The topological polar surface area (TPSA) is 37.3 Å². The van der Waals surface area contributed by atoms with Gasteiger partial charge in [0.2, 0.25) is 0 Å². The highest BCUT2D eigenvalue weighted by atomic mass is 35.5. The minimum atomic E-state index is 0.145. The fourth-order valence-electron chi connectivity index (χ4n) is 4.01. The van der Waals surface area contributed by atoms with Crippen LogP contribution >= 0.6 is 11.6 Å². The molecule has 1 aromatic rings. The molecule has 18 heavy (non-hydrogen) atoms. The van der Waals surface area contributed by atoms with Gasteiger partial charge in [0.1, 0.15) is 5.75 Å². The number of phenolic OH excluding ortho intramolecular Hbond substituents is 1. The molecular formula is C15H13ClO2. The zero-order valence-corrected chi connectivity index (χ0v) is 10.6. The Morgan fingerprint density at radius 3 is 3.06 bits per heavy atom. The molecule has 0 aromatic heterocycles. The summed E-state index contributed by atoms with van der Waals surface area (Å²) in [6.07, 6.45) is 5.85. The highest BCUT2D eigenvalue weighted by Gasteiger charge is 2.51. The Balaban J connectivity index is 1.96. The average Bonchev–Trinajstić information content (AvgIpc) is 2.83. The molecule has 0 aliphatic heterocycles.